The van der Waals surface area contributed by atoms with Crippen molar-refractivity contribution in [2.45, 2.75) is 39.0 Å². The molecule has 5 rings (SSSR count). The first-order valence-corrected chi connectivity index (χ1v) is 13.3. The highest BCUT2D eigenvalue weighted by atomic mass is 19.3. The average molecular weight is 612 g/mol. The van der Waals surface area contributed by atoms with Crippen LogP contribution < -0.4 is 15.8 Å². The average Bonchev–Trinajstić information content (AvgIpc) is 3.59. The standard InChI is InChI=1S/C22H19FN4O5.C8H9F2NO/c1-3-8-32-22(31)13-4-5-14-12(11(13)2)6-7-16(14)26-20(28)18-9-17(21(29)30)25-19-15(23)10-24-27(18)19;9-8(10)12-7-3-1-2-6(4-7)5-11/h3-5,9-10,16H,1,6-8H2,2H3,(H,26,28)(H,29,30);1-4,8H,5,11H2/t16-;/m0./s1. The Morgan fingerprint density at radius 3 is 2.70 bits per heavy atom. The molecule has 0 radical (unpaired) electrons. The van der Waals surface area contributed by atoms with Crippen molar-refractivity contribution in [3.05, 3.63) is 106 Å². The molecule has 14 heteroatoms. The van der Waals surface area contributed by atoms with E-state index in [9.17, 15) is 32.7 Å². The maximum Gasteiger partial charge on any atom is 0.387 e. The first-order chi connectivity index (χ1) is 21.0. The third-order valence-corrected chi connectivity index (χ3v) is 6.79. The highest BCUT2D eigenvalue weighted by Gasteiger charge is 2.29. The fourth-order valence-corrected chi connectivity index (χ4v) is 4.75. The van der Waals surface area contributed by atoms with Gasteiger partial charge in [-0.05, 0) is 60.2 Å². The summed E-state index contributed by atoms with van der Waals surface area (Å²) < 4.78 is 47.6. The van der Waals surface area contributed by atoms with Crippen LogP contribution in [0.2, 0.25) is 0 Å². The van der Waals surface area contributed by atoms with Gasteiger partial charge in [0, 0.05) is 12.6 Å². The van der Waals surface area contributed by atoms with Crippen LogP contribution in [-0.4, -0.2) is 50.8 Å². The number of nitrogens with two attached hydrogens (primary N) is 1. The lowest BCUT2D eigenvalue weighted by atomic mass is 9.98. The van der Waals surface area contributed by atoms with E-state index in [4.69, 9.17) is 10.5 Å². The number of esters is 1. The molecule has 2 heterocycles. The van der Waals surface area contributed by atoms with Gasteiger partial charge in [-0.15, -0.1) is 0 Å². The molecule has 1 atom stereocenters. The Balaban J connectivity index is 0.000000309. The molecule has 230 valence electrons. The molecule has 0 bridgehead atoms. The van der Waals surface area contributed by atoms with E-state index in [1.165, 1.54) is 18.2 Å². The van der Waals surface area contributed by atoms with Crippen LogP contribution in [0.4, 0.5) is 13.2 Å². The number of nitrogens with zero attached hydrogens (tertiary/aromatic N) is 3. The van der Waals surface area contributed by atoms with E-state index < -0.39 is 36.0 Å². The summed E-state index contributed by atoms with van der Waals surface area (Å²) in [5.74, 6) is -3.14. The van der Waals surface area contributed by atoms with Gasteiger partial charge in [-0.25, -0.2) is 23.5 Å². The second-order valence-corrected chi connectivity index (χ2v) is 9.55. The maximum atomic E-state index is 13.9. The van der Waals surface area contributed by atoms with Crippen molar-refractivity contribution in [1.82, 2.24) is 19.9 Å². The van der Waals surface area contributed by atoms with Crippen LogP contribution in [0, 0.1) is 12.7 Å². The predicted molar refractivity (Wildman–Crippen MR) is 151 cm³/mol. The Morgan fingerprint density at radius 2 is 2.02 bits per heavy atom. The lowest BCUT2D eigenvalue weighted by Gasteiger charge is -2.16. The first-order valence-electron chi connectivity index (χ1n) is 13.3. The van der Waals surface area contributed by atoms with Gasteiger partial charge < -0.3 is 25.6 Å². The van der Waals surface area contributed by atoms with E-state index in [0.717, 1.165) is 39.0 Å². The summed E-state index contributed by atoms with van der Waals surface area (Å²) in [5, 5.41) is 15.9. The van der Waals surface area contributed by atoms with E-state index in [-0.39, 0.29) is 29.7 Å². The number of benzene rings is 2. The number of fused-ring (bicyclic) bond motifs is 2. The molecular weight excluding hydrogens is 583 g/mol. The van der Waals surface area contributed by atoms with Gasteiger partial charge in [-0.1, -0.05) is 30.9 Å². The lowest BCUT2D eigenvalue weighted by Crippen LogP contribution is -2.29. The summed E-state index contributed by atoms with van der Waals surface area (Å²) >= 11 is 0. The molecule has 0 aliphatic heterocycles. The minimum atomic E-state index is -2.78. The third-order valence-electron chi connectivity index (χ3n) is 6.79. The van der Waals surface area contributed by atoms with Crippen molar-refractivity contribution < 1.29 is 42.1 Å². The van der Waals surface area contributed by atoms with Crippen LogP contribution in [0.1, 0.15) is 66.1 Å². The number of carbonyl (C=O) groups is 3. The van der Waals surface area contributed by atoms with Crippen molar-refractivity contribution in [2.24, 2.45) is 5.73 Å². The molecule has 4 N–H and O–H groups in total. The van der Waals surface area contributed by atoms with Crippen molar-refractivity contribution in [2.75, 3.05) is 6.61 Å². The number of hydrogen-bond acceptors (Lipinski definition) is 8. The molecule has 11 nitrogen and oxygen atoms in total. The van der Waals surface area contributed by atoms with E-state index >= 15 is 0 Å². The van der Waals surface area contributed by atoms with Gasteiger partial charge in [-0.3, -0.25) is 4.79 Å². The van der Waals surface area contributed by atoms with Crippen molar-refractivity contribution >= 4 is 23.5 Å². The number of aromatic carboxylic acids is 1. The Bertz CT molecular complexity index is 1730. The largest absolute Gasteiger partial charge is 0.477 e. The zero-order valence-electron chi connectivity index (χ0n) is 23.4. The molecular formula is C30H28F3N5O6. The summed E-state index contributed by atoms with van der Waals surface area (Å²) in [7, 11) is 0. The molecule has 2 aromatic heterocycles. The zero-order chi connectivity index (χ0) is 32.0. The van der Waals surface area contributed by atoms with Crippen LogP contribution in [0.3, 0.4) is 0 Å². The predicted octanol–water partition coefficient (Wildman–Crippen LogP) is 4.38. The number of rotatable bonds is 9. The highest BCUT2D eigenvalue weighted by molar-refractivity contribution is 5.96. The van der Waals surface area contributed by atoms with E-state index in [1.54, 1.807) is 24.3 Å². The minimum absolute atomic E-state index is 0.112. The fraction of sp³-hybridized carbons (Fsp3) is 0.233. The molecule has 2 aromatic carbocycles. The smallest absolute Gasteiger partial charge is 0.387 e. The molecule has 0 spiro atoms. The SMILES string of the molecule is C=CCOC(=O)c1ccc2c(c1C)CC[C@@H]2NC(=O)c1cc(C(=O)O)nc2c(F)cnn12.NCc1cccc(OC(F)F)c1. The number of carbonyl (C=O) groups excluding carboxylic acids is 2. The van der Waals surface area contributed by atoms with E-state index in [0.29, 0.717) is 24.9 Å². The number of nitrogens with one attached hydrogen (secondary N) is 1. The van der Waals surface area contributed by atoms with Crippen LogP contribution in [0.15, 0.2) is 61.3 Å². The van der Waals surface area contributed by atoms with Crippen LogP contribution in [-0.2, 0) is 17.7 Å². The molecule has 1 aliphatic carbocycles. The Hall–Kier alpha value is -5.24. The number of carboxylic acids is 1. The van der Waals surface area contributed by atoms with Crippen LogP contribution >= 0.6 is 0 Å². The maximum absolute atomic E-state index is 13.9. The number of carboxylic acid groups (broad SMARTS) is 1. The van der Waals surface area contributed by atoms with Gasteiger partial charge in [0.25, 0.3) is 5.91 Å². The number of alkyl halides is 2. The normalized spacial score (nSPS) is 13.5. The van der Waals surface area contributed by atoms with Gasteiger partial charge in [-0.2, -0.15) is 13.9 Å². The molecule has 0 saturated carbocycles. The molecule has 0 unspecified atom stereocenters. The van der Waals surface area contributed by atoms with Gasteiger partial charge in [0.05, 0.1) is 17.8 Å². The summed E-state index contributed by atoms with van der Waals surface area (Å²) in [6.45, 7) is 3.00. The van der Waals surface area contributed by atoms with Crippen LogP contribution in [0.5, 0.6) is 5.75 Å². The fourth-order valence-electron chi connectivity index (χ4n) is 4.75. The van der Waals surface area contributed by atoms with E-state index in [2.05, 4.69) is 26.7 Å². The highest BCUT2D eigenvalue weighted by Crippen LogP contribution is 2.35. The Morgan fingerprint density at radius 1 is 1.25 bits per heavy atom. The number of ether oxygens (including phenoxy) is 2. The third kappa shape index (κ3) is 7.03. The van der Waals surface area contributed by atoms with Gasteiger partial charge >= 0.3 is 18.6 Å². The van der Waals surface area contributed by atoms with Gasteiger partial charge in [0.2, 0.25) is 0 Å². The Labute approximate surface area is 249 Å². The van der Waals surface area contributed by atoms with Gasteiger partial charge in [0.15, 0.2) is 17.2 Å². The van der Waals surface area contributed by atoms with E-state index in [1.807, 2.05) is 6.92 Å². The minimum Gasteiger partial charge on any atom is -0.477 e. The number of hydrogen-bond donors (Lipinski definition) is 3. The molecule has 4 aromatic rings. The quantitative estimate of drug-likeness (QED) is 0.184. The summed E-state index contributed by atoms with van der Waals surface area (Å²) in [4.78, 5) is 40.3. The molecule has 1 amide bonds. The summed E-state index contributed by atoms with van der Waals surface area (Å²) in [6.07, 6.45) is 3.58. The molecule has 0 saturated heterocycles. The van der Waals surface area contributed by atoms with Gasteiger partial charge in [0.1, 0.15) is 18.1 Å². The molecule has 1 aliphatic rings. The van der Waals surface area contributed by atoms with Crippen LogP contribution in [0.25, 0.3) is 5.65 Å². The first kappa shape index (κ1) is 31.7. The second kappa shape index (κ2) is 13.8. The number of aromatic nitrogens is 3. The Kier molecular flexibility index (Phi) is 9.95. The topological polar surface area (TPSA) is 158 Å². The summed E-state index contributed by atoms with van der Waals surface area (Å²) in [5.41, 5.74) is 8.15. The second-order valence-electron chi connectivity index (χ2n) is 9.55. The molecule has 0 fully saturated rings. The summed E-state index contributed by atoms with van der Waals surface area (Å²) in [6, 6.07) is 10.4. The monoisotopic (exact) mass is 611 g/mol. The zero-order valence-corrected chi connectivity index (χ0v) is 23.4. The van der Waals surface area contributed by atoms with Crippen molar-refractivity contribution in [1.29, 1.82) is 0 Å². The number of halogens is 3. The van der Waals surface area contributed by atoms with Crippen molar-refractivity contribution in [3.63, 3.8) is 0 Å². The van der Waals surface area contributed by atoms with Crippen molar-refractivity contribution in [3.8, 4) is 5.75 Å². The molecule has 44 heavy (non-hydrogen) atoms. The lowest BCUT2D eigenvalue weighted by molar-refractivity contribution is -0.0499. The number of amides is 1.